The second kappa shape index (κ2) is 34.0. The Hall–Kier alpha value is -0.0100. The first kappa shape index (κ1) is 42.1. The summed E-state index contributed by atoms with van der Waals surface area (Å²) in [7, 11) is -4.64. The number of hydrogen-bond donors (Lipinski definition) is 3. The Morgan fingerprint density at radius 1 is 0.371 bits per heavy atom. The van der Waals surface area contributed by atoms with E-state index >= 15 is 0 Å². The molecule has 0 bridgehead atoms. The molecule has 0 aromatic carbocycles. The second-order valence-corrected chi connectivity index (χ2v) is 10.1. The summed E-state index contributed by atoms with van der Waals surface area (Å²) in [4.78, 5) is 29.2. The standard InChI is InChI=1S/3C9H21N.H3O4P/c3*1-4-7-10(8-5-2)9-6-3;1-5(2,3)4/h3*4-9H2,1-3H3;(H3,1,2,3,4). The second-order valence-electron chi connectivity index (χ2n) is 9.04. The van der Waals surface area contributed by atoms with Crippen LogP contribution in [0.3, 0.4) is 0 Å². The zero-order valence-corrected chi connectivity index (χ0v) is 26.2. The molecule has 0 spiro atoms. The van der Waals surface area contributed by atoms with Gasteiger partial charge in [0.15, 0.2) is 0 Å². The zero-order valence-electron chi connectivity index (χ0n) is 25.3. The third kappa shape index (κ3) is 47.8. The van der Waals surface area contributed by atoms with Crippen molar-refractivity contribution in [2.24, 2.45) is 0 Å². The monoisotopic (exact) mass is 527 g/mol. The van der Waals surface area contributed by atoms with E-state index in [-0.39, 0.29) is 0 Å². The predicted octanol–water partition coefficient (Wildman–Crippen LogP) is 6.63. The minimum Gasteiger partial charge on any atom is -0.303 e. The summed E-state index contributed by atoms with van der Waals surface area (Å²) in [6.45, 7) is 31.8. The number of nitrogens with zero attached hydrogens (tertiary/aromatic N) is 3. The van der Waals surface area contributed by atoms with Gasteiger partial charge in [-0.05, 0) is 117 Å². The van der Waals surface area contributed by atoms with Crippen LogP contribution in [-0.4, -0.2) is 88.3 Å². The fourth-order valence-corrected chi connectivity index (χ4v) is 3.85. The highest BCUT2D eigenvalue weighted by Gasteiger charge is 2.01. The highest BCUT2D eigenvalue weighted by Crippen LogP contribution is 2.25. The maximum atomic E-state index is 8.88. The van der Waals surface area contributed by atoms with Crippen molar-refractivity contribution in [1.29, 1.82) is 0 Å². The average molecular weight is 528 g/mol. The highest BCUT2D eigenvalue weighted by molar-refractivity contribution is 7.45. The lowest BCUT2D eigenvalue weighted by Gasteiger charge is -2.19. The van der Waals surface area contributed by atoms with Crippen LogP contribution in [0.2, 0.25) is 0 Å². The fraction of sp³-hybridized carbons (Fsp3) is 1.00. The first-order valence-corrected chi connectivity index (χ1v) is 16.1. The minimum atomic E-state index is -4.64. The van der Waals surface area contributed by atoms with E-state index in [0.29, 0.717) is 0 Å². The van der Waals surface area contributed by atoms with E-state index in [1.165, 1.54) is 117 Å². The molecule has 0 radical (unpaired) electrons. The van der Waals surface area contributed by atoms with Crippen molar-refractivity contribution in [2.75, 3.05) is 58.9 Å². The molecular weight excluding hydrogens is 461 g/mol. The molecule has 0 heterocycles. The minimum absolute atomic E-state index is 1.28. The summed E-state index contributed by atoms with van der Waals surface area (Å²) < 4.78 is 8.88. The SMILES string of the molecule is CCCN(CCC)CCC.CCCN(CCC)CCC.CCCN(CCC)CCC.O=P(O)(O)O. The van der Waals surface area contributed by atoms with Crippen molar-refractivity contribution in [3.63, 3.8) is 0 Å². The van der Waals surface area contributed by atoms with Gasteiger partial charge in [-0.25, -0.2) is 4.57 Å². The molecular formula is C27H66N3O4P. The molecule has 0 aliphatic heterocycles. The van der Waals surface area contributed by atoms with E-state index in [4.69, 9.17) is 19.2 Å². The average Bonchev–Trinajstić information content (AvgIpc) is 2.75. The van der Waals surface area contributed by atoms with Crippen LogP contribution >= 0.6 is 7.82 Å². The smallest absolute Gasteiger partial charge is 0.303 e. The Morgan fingerprint density at radius 3 is 0.514 bits per heavy atom. The first-order chi connectivity index (χ1) is 16.5. The largest absolute Gasteiger partial charge is 0.466 e. The van der Waals surface area contributed by atoms with Crippen molar-refractivity contribution in [3.8, 4) is 0 Å². The topological polar surface area (TPSA) is 87.5 Å². The quantitative estimate of drug-likeness (QED) is 0.173. The summed E-state index contributed by atoms with van der Waals surface area (Å²) in [5.41, 5.74) is 0. The first-order valence-electron chi connectivity index (χ1n) is 14.5. The Bertz CT molecular complexity index is 318. The van der Waals surface area contributed by atoms with Gasteiger partial charge >= 0.3 is 7.82 Å². The van der Waals surface area contributed by atoms with Crippen LogP contribution < -0.4 is 0 Å². The number of rotatable bonds is 18. The van der Waals surface area contributed by atoms with Crippen LogP contribution in [0.4, 0.5) is 0 Å². The van der Waals surface area contributed by atoms with Gasteiger partial charge in [0.2, 0.25) is 0 Å². The maximum Gasteiger partial charge on any atom is 0.466 e. The Balaban J connectivity index is -0.000000188. The van der Waals surface area contributed by atoms with E-state index in [1.54, 1.807) is 0 Å². The van der Waals surface area contributed by atoms with Crippen molar-refractivity contribution in [3.05, 3.63) is 0 Å². The van der Waals surface area contributed by atoms with Crippen LogP contribution in [-0.2, 0) is 4.57 Å². The van der Waals surface area contributed by atoms with Gasteiger partial charge in [0.1, 0.15) is 0 Å². The molecule has 0 saturated heterocycles. The van der Waals surface area contributed by atoms with E-state index in [1.807, 2.05) is 0 Å². The van der Waals surface area contributed by atoms with E-state index < -0.39 is 7.82 Å². The maximum absolute atomic E-state index is 8.88. The van der Waals surface area contributed by atoms with Gasteiger partial charge < -0.3 is 29.4 Å². The number of hydrogen-bond acceptors (Lipinski definition) is 4. The van der Waals surface area contributed by atoms with Crippen molar-refractivity contribution >= 4 is 7.82 Å². The van der Waals surface area contributed by atoms with Gasteiger partial charge in [0.05, 0.1) is 0 Å². The molecule has 0 rings (SSSR count). The van der Waals surface area contributed by atoms with Gasteiger partial charge in [-0.3, -0.25) is 0 Å². The summed E-state index contributed by atoms with van der Waals surface area (Å²) >= 11 is 0. The van der Waals surface area contributed by atoms with E-state index in [2.05, 4.69) is 77.0 Å². The molecule has 218 valence electrons. The molecule has 0 aromatic rings. The summed E-state index contributed by atoms with van der Waals surface area (Å²) in [5, 5.41) is 0. The Labute approximate surface area is 220 Å². The summed E-state index contributed by atoms with van der Waals surface area (Å²) in [6.07, 6.45) is 11.6. The lowest BCUT2D eigenvalue weighted by Crippen LogP contribution is -2.26. The molecule has 7 nitrogen and oxygen atoms in total. The molecule has 0 amide bonds. The molecule has 0 atom stereocenters. The van der Waals surface area contributed by atoms with Gasteiger partial charge in [0.25, 0.3) is 0 Å². The van der Waals surface area contributed by atoms with E-state index in [0.717, 1.165) is 0 Å². The van der Waals surface area contributed by atoms with Gasteiger partial charge in [-0.1, -0.05) is 62.3 Å². The molecule has 8 heteroatoms. The van der Waals surface area contributed by atoms with Crippen LogP contribution in [0, 0.1) is 0 Å². The third-order valence-electron chi connectivity index (χ3n) is 4.86. The number of phosphoric acid groups is 1. The molecule has 0 aromatic heterocycles. The normalized spacial score (nSPS) is 10.9. The lowest BCUT2D eigenvalue weighted by atomic mass is 10.3. The molecule has 0 fully saturated rings. The lowest BCUT2D eigenvalue weighted by molar-refractivity contribution is 0.275. The highest BCUT2D eigenvalue weighted by atomic mass is 31.2. The predicted molar refractivity (Wildman–Crippen MR) is 156 cm³/mol. The van der Waals surface area contributed by atoms with Gasteiger partial charge in [-0.15, -0.1) is 0 Å². The van der Waals surface area contributed by atoms with Crippen molar-refractivity contribution < 1.29 is 19.2 Å². The Morgan fingerprint density at radius 2 is 0.457 bits per heavy atom. The molecule has 0 unspecified atom stereocenters. The molecule has 3 N–H and O–H groups in total. The van der Waals surface area contributed by atoms with E-state index in [9.17, 15) is 0 Å². The molecule has 0 aliphatic rings. The van der Waals surface area contributed by atoms with Crippen LogP contribution in [0.1, 0.15) is 120 Å². The van der Waals surface area contributed by atoms with Gasteiger partial charge in [-0.2, -0.15) is 0 Å². The summed E-state index contributed by atoms with van der Waals surface area (Å²) in [6, 6.07) is 0. The fourth-order valence-electron chi connectivity index (χ4n) is 3.85. The van der Waals surface area contributed by atoms with Crippen molar-refractivity contribution in [2.45, 2.75) is 120 Å². The Kier molecular flexibility index (Phi) is 40.9. The van der Waals surface area contributed by atoms with Crippen LogP contribution in [0.5, 0.6) is 0 Å². The van der Waals surface area contributed by atoms with Gasteiger partial charge in [0, 0.05) is 0 Å². The molecule has 35 heavy (non-hydrogen) atoms. The van der Waals surface area contributed by atoms with Crippen LogP contribution in [0.25, 0.3) is 0 Å². The summed E-state index contributed by atoms with van der Waals surface area (Å²) in [5.74, 6) is 0. The molecule has 0 aliphatic carbocycles. The third-order valence-corrected chi connectivity index (χ3v) is 4.86. The molecule has 0 saturated carbocycles. The van der Waals surface area contributed by atoms with Crippen LogP contribution in [0.15, 0.2) is 0 Å². The zero-order chi connectivity index (χ0) is 28.0. The van der Waals surface area contributed by atoms with Crippen molar-refractivity contribution in [1.82, 2.24) is 14.7 Å².